The molecule has 1 saturated heterocycles. The molecule has 0 saturated carbocycles. The molecule has 0 aromatic carbocycles. The Balaban J connectivity index is 2.34. The number of hydrogen-bond acceptors (Lipinski definition) is 4. The maximum absolute atomic E-state index is 12.7. The molecule has 0 radical (unpaired) electrons. The zero-order valence-corrected chi connectivity index (χ0v) is 12.6. The smallest absolute Gasteiger partial charge is 0.327 e. The van der Waals surface area contributed by atoms with Gasteiger partial charge in [0.05, 0.1) is 5.37 Å². The second-order valence-corrected chi connectivity index (χ2v) is 6.37. The van der Waals surface area contributed by atoms with Crippen LogP contribution in [0.3, 0.4) is 0 Å². The topological polar surface area (TPSA) is 70.5 Å². The lowest BCUT2D eigenvalue weighted by atomic mass is 10.1. The molecular formula is C14H18N2O3S. The molecule has 1 aromatic heterocycles. The lowest BCUT2D eigenvalue weighted by Gasteiger charge is -2.29. The second kappa shape index (κ2) is 5.83. The van der Waals surface area contributed by atoms with Gasteiger partial charge in [-0.25, -0.2) is 4.79 Å². The zero-order chi connectivity index (χ0) is 14.9. The van der Waals surface area contributed by atoms with E-state index in [0.29, 0.717) is 11.3 Å². The van der Waals surface area contributed by atoms with Crippen LogP contribution in [0.4, 0.5) is 0 Å². The Morgan fingerprint density at radius 1 is 1.50 bits per heavy atom. The number of carbonyl (C=O) groups excluding carboxylic acids is 1. The predicted molar refractivity (Wildman–Crippen MR) is 77.7 cm³/mol. The first-order valence-electron chi connectivity index (χ1n) is 6.51. The first-order chi connectivity index (χ1) is 9.41. The standard InChI is InChI=1S/C14H18N2O3S/c1-8(2)13-16(11(7-20-13)14(18)19)12(17)10-4-5-15-9(3)6-10/h4-6,8,11,13H,7H2,1-3H3,(H,18,19). The molecule has 1 aromatic rings. The largest absolute Gasteiger partial charge is 0.480 e. The third kappa shape index (κ3) is 2.80. The molecular weight excluding hydrogens is 276 g/mol. The van der Waals surface area contributed by atoms with Crippen LogP contribution in [0.2, 0.25) is 0 Å². The van der Waals surface area contributed by atoms with Crippen molar-refractivity contribution in [3.8, 4) is 0 Å². The number of aryl methyl sites for hydroxylation is 1. The Kier molecular flexibility index (Phi) is 4.32. The first-order valence-corrected chi connectivity index (χ1v) is 7.56. The van der Waals surface area contributed by atoms with Gasteiger partial charge in [-0.2, -0.15) is 0 Å². The number of aliphatic carboxylic acids is 1. The maximum atomic E-state index is 12.7. The van der Waals surface area contributed by atoms with Gasteiger partial charge in [-0.05, 0) is 25.0 Å². The van der Waals surface area contributed by atoms with Crippen molar-refractivity contribution in [1.29, 1.82) is 0 Å². The molecule has 1 N–H and O–H groups in total. The summed E-state index contributed by atoms with van der Waals surface area (Å²) in [4.78, 5) is 29.6. The van der Waals surface area contributed by atoms with Gasteiger partial charge in [-0.1, -0.05) is 13.8 Å². The van der Waals surface area contributed by atoms with Gasteiger partial charge in [-0.3, -0.25) is 9.78 Å². The van der Waals surface area contributed by atoms with E-state index in [1.54, 1.807) is 18.3 Å². The van der Waals surface area contributed by atoms with Crippen molar-refractivity contribution >= 4 is 23.6 Å². The molecule has 1 amide bonds. The summed E-state index contributed by atoms with van der Waals surface area (Å²) < 4.78 is 0. The number of thioether (sulfide) groups is 1. The monoisotopic (exact) mass is 294 g/mol. The fraction of sp³-hybridized carbons (Fsp3) is 0.500. The van der Waals surface area contributed by atoms with Gasteiger partial charge < -0.3 is 10.0 Å². The van der Waals surface area contributed by atoms with Crippen molar-refractivity contribution < 1.29 is 14.7 Å². The fourth-order valence-electron chi connectivity index (χ4n) is 2.32. The van der Waals surface area contributed by atoms with Gasteiger partial charge in [0.25, 0.3) is 5.91 Å². The normalized spacial score (nSPS) is 22.3. The molecule has 0 bridgehead atoms. The highest BCUT2D eigenvalue weighted by Crippen LogP contribution is 2.35. The highest BCUT2D eigenvalue weighted by atomic mass is 32.2. The van der Waals surface area contributed by atoms with E-state index in [-0.39, 0.29) is 17.2 Å². The van der Waals surface area contributed by atoms with Crippen LogP contribution in [0.15, 0.2) is 18.3 Å². The quantitative estimate of drug-likeness (QED) is 0.923. The van der Waals surface area contributed by atoms with Gasteiger partial charge in [0.2, 0.25) is 0 Å². The van der Waals surface area contributed by atoms with Crippen LogP contribution in [0, 0.1) is 12.8 Å². The lowest BCUT2D eigenvalue weighted by molar-refractivity contribution is -0.141. The van der Waals surface area contributed by atoms with Crippen LogP contribution in [0.25, 0.3) is 0 Å². The van der Waals surface area contributed by atoms with E-state index >= 15 is 0 Å². The molecule has 6 heteroatoms. The molecule has 20 heavy (non-hydrogen) atoms. The molecule has 0 spiro atoms. The van der Waals surface area contributed by atoms with Crippen molar-refractivity contribution in [2.24, 2.45) is 5.92 Å². The molecule has 1 aliphatic rings. The van der Waals surface area contributed by atoms with Gasteiger partial charge in [0.15, 0.2) is 0 Å². The van der Waals surface area contributed by atoms with Crippen LogP contribution < -0.4 is 0 Å². The van der Waals surface area contributed by atoms with E-state index in [1.165, 1.54) is 16.7 Å². The highest BCUT2D eigenvalue weighted by molar-refractivity contribution is 8.00. The van der Waals surface area contributed by atoms with Crippen LogP contribution >= 0.6 is 11.8 Å². The summed E-state index contributed by atoms with van der Waals surface area (Å²) in [6, 6.07) is 2.57. The summed E-state index contributed by atoms with van der Waals surface area (Å²) >= 11 is 1.53. The molecule has 2 unspecified atom stereocenters. The molecule has 108 valence electrons. The first kappa shape index (κ1) is 14.8. The molecule has 5 nitrogen and oxygen atoms in total. The molecule has 2 atom stereocenters. The summed E-state index contributed by atoms with van der Waals surface area (Å²) in [5.41, 5.74) is 1.24. The minimum Gasteiger partial charge on any atom is -0.480 e. The number of amides is 1. The minimum absolute atomic E-state index is 0.0999. The number of pyridine rings is 1. The second-order valence-electron chi connectivity index (χ2n) is 5.22. The Bertz CT molecular complexity index is 533. The summed E-state index contributed by atoms with van der Waals surface area (Å²) in [6.45, 7) is 5.81. The van der Waals surface area contributed by atoms with Crippen LogP contribution in [0.1, 0.15) is 29.9 Å². The summed E-state index contributed by atoms with van der Waals surface area (Å²) in [7, 11) is 0. The number of carbonyl (C=O) groups is 2. The number of carboxylic acid groups (broad SMARTS) is 1. The van der Waals surface area contributed by atoms with E-state index in [2.05, 4.69) is 4.98 Å². The Morgan fingerprint density at radius 2 is 2.20 bits per heavy atom. The number of aromatic nitrogens is 1. The summed E-state index contributed by atoms with van der Waals surface area (Å²) in [5.74, 6) is -0.531. The van der Waals surface area contributed by atoms with E-state index in [0.717, 1.165) is 5.69 Å². The van der Waals surface area contributed by atoms with E-state index in [1.807, 2.05) is 20.8 Å². The van der Waals surface area contributed by atoms with Crippen molar-refractivity contribution in [2.75, 3.05) is 5.75 Å². The number of rotatable bonds is 3. The van der Waals surface area contributed by atoms with Crippen molar-refractivity contribution in [3.05, 3.63) is 29.6 Å². The Labute approximate surface area is 122 Å². The summed E-state index contributed by atoms with van der Waals surface area (Å²) in [6.07, 6.45) is 1.58. The molecule has 0 aliphatic carbocycles. The van der Waals surface area contributed by atoms with E-state index in [4.69, 9.17) is 0 Å². The number of carboxylic acids is 1. The third-order valence-electron chi connectivity index (χ3n) is 3.27. The van der Waals surface area contributed by atoms with Crippen LogP contribution in [-0.2, 0) is 4.79 Å². The van der Waals surface area contributed by atoms with E-state index < -0.39 is 12.0 Å². The Hall–Kier alpha value is -1.56. The highest BCUT2D eigenvalue weighted by Gasteiger charge is 2.43. The van der Waals surface area contributed by atoms with Crippen molar-refractivity contribution in [2.45, 2.75) is 32.2 Å². The average Bonchev–Trinajstić information content (AvgIpc) is 2.82. The van der Waals surface area contributed by atoms with Crippen molar-refractivity contribution in [3.63, 3.8) is 0 Å². The number of hydrogen-bond donors (Lipinski definition) is 1. The minimum atomic E-state index is -0.945. The van der Waals surface area contributed by atoms with Crippen molar-refractivity contribution in [1.82, 2.24) is 9.88 Å². The number of nitrogens with zero attached hydrogens (tertiary/aromatic N) is 2. The molecule has 2 rings (SSSR count). The average molecular weight is 294 g/mol. The molecule has 1 fully saturated rings. The lowest BCUT2D eigenvalue weighted by Crippen LogP contribution is -2.47. The zero-order valence-electron chi connectivity index (χ0n) is 11.7. The SMILES string of the molecule is Cc1cc(C(=O)N2C(C(=O)O)CSC2C(C)C)ccn1. The molecule has 1 aliphatic heterocycles. The fourth-order valence-corrected chi connectivity index (χ4v) is 3.79. The van der Waals surface area contributed by atoms with Crippen LogP contribution in [-0.4, -0.2) is 44.0 Å². The maximum Gasteiger partial charge on any atom is 0.327 e. The predicted octanol–water partition coefficient (Wildman–Crippen LogP) is 2.01. The molecule has 2 heterocycles. The third-order valence-corrected chi connectivity index (χ3v) is 4.89. The van der Waals surface area contributed by atoms with Gasteiger partial charge in [-0.15, -0.1) is 11.8 Å². The Morgan fingerprint density at radius 3 is 2.75 bits per heavy atom. The van der Waals surface area contributed by atoms with Gasteiger partial charge >= 0.3 is 5.97 Å². The van der Waals surface area contributed by atoms with Crippen LogP contribution in [0.5, 0.6) is 0 Å². The summed E-state index contributed by atoms with van der Waals surface area (Å²) in [5, 5.41) is 9.21. The van der Waals surface area contributed by atoms with Gasteiger partial charge in [0, 0.05) is 23.2 Å². The van der Waals surface area contributed by atoms with Gasteiger partial charge in [0.1, 0.15) is 6.04 Å². The van der Waals surface area contributed by atoms with E-state index in [9.17, 15) is 14.7 Å².